The number of ketones is 1. The number of hydrogen-bond acceptors (Lipinski definition) is 7. The van der Waals surface area contributed by atoms with Gasteiger partial charge in [-0.25, -0.2) is 9.59 Å². The van der Waals surface area contributed by atoms with Gasteiger partial charge in [-0.05, 0) is 25.5 Å². The van der Waals surface area contributed by atoms with Crippen LogP contribution in [0.1, 0.15) is 127 Å². The zero-order valence-electron chi connectivity index (χ0n) is 25.8. The summed E-state index contributed by atoms with van der Waals surface area (Å²) in [6.45, 7) is 4.23. The largest absolute Gasteiger partial charge is 0.447 e. The first kappa shape index (κ1) is 36.3. The second-order valence-electron chi connectivity index (χ2n) is 10.8. The fourth-order valence-electron chi connectivity index (χ4n) is 4.49. The zero-order chi connectivity index (χ0) is 30.0. The highest BCUT2D eigenvalue weighted by Crippen LogP contribution is 2.13. The topological polar surface area (TPSA) is 116 Å². The average Bonchev–Trinajstić information content (AvgIpc) is 2.98. The van der Waals surface area contributed by atoms with Crippen molar-refractivity contribution in [2.45, 2.75) is 129 Å². The molecule has 0 saturated heterocycles. The van der Waals surface area contributed by atoms with Crippen molar-refractivity contribution in [3.8, 4) is 0 Å². The lowest BCUT2D eigenvalue weighted by Gasteiger charge is -2.17. The number of ether oxygens (including phenoxy) is 3. The summed E-state index contributed by atoms with van der Waals surface area (Å²) in [4.78, 5) is 40.2. The molecule has 2 unspecified atom stereocenters. The molecule has 9 nitrogen and oxygen atoms in total. The Kier molecular flexibility index (Phi) is 22.2. The van der Waals surface area contributed by atoms with E-state index in [1.165, 1.54) is 109 Å². The summed E-state index contributed by atoms with van der Waals surface area (Å²) in [5, 5.41) is 5.24. The first-order chi connectivity index (χ1) is 20.0. The van der Waals surface area contributed by atoms with Crippen LogP contribution in [0.25, 0.3) is 0 Å². The maximum absolute atomic E-state index is 12.3. The van der Waals surface area contributed by atoms with Crippen LogP contribution in [0.4, 0.5) is 9.59 Å². The van der Waals surface area contributed by atoms with E-state index in [0.29, 0.717) is 12.1 Å². The molecular formula is C32H55N3O6. The Labute approximate surface area is 247 Å². The van der Waals surface area contributed by atoms with Crippen molar-refractivity contribution >= 4 is 18.0 Å². The summed E-state index contributed by atoms with van der Waals surface area (Å²) in [5.74, 6) is -0.253. The van der Waals surface area contributed by atoms with Crippen LogP contribution in [0.3, 0.4) is 0 Å². The first-order valence-electron chi connectivity index (χ1n) is 15.8. The number of rotatable bonds is 25. The monoisotopic (exact) mass is 577 g/mol. The van der Waals surface area contributed by atoms with Crippen LogP contribution in [0.15, 0.2) is 24.5 Å². The van der Waals surface area contributed by atoms with E-state index >= 15 is 0 Å². The average molecular weight is 578 g/mol. The molecule has 0 aromatic carbocycles. The Bertz CT molecular complexity index is 808. The molecule has 234 valence electrons. The van der Waals surface area contributed by atoms with Crippen LogP contribution < -0.4 is 10.6 Å². The molecule has 0 aliphatic rings. The second-order valence-corrected chi connectivity index (χ2v) is 10.8. The van der Waals surface area contributed by atoms with Crippen molar-refractivity contribution in [3.05, 3.63) is 30.1 Å². The summed E-state index contributed by atoms with van der Waals surface area (Å²) in [5.41, 5.74) is 0.446. The molecule has 1 aromatic rings. The summed E-state index contributed by atoms with van der Waals surface area (Å²) in [6.07, 6.45) is 22.1. The molecular weight excluding hydrogens is 522 g/mol. The number of carbonyl (C=O) groups excluding carboxylic acids is 3. The molecule has 0 aliphatic heterocycles. The van der Waals surface area contributed by atoms with E-state index in [4.69, 9.17) is 14.2 Å². The third kappa shape index (κ3) is 19.9. The quantitative estimate of drug-likeness (QED) is 0.0920. The van der Waals surface area contributed by atoms with Gasteiger partial charge in [0, 0.05) is 31.6 Å². The zero-order valence-corrected chi connectivity index (χ0v) is 25.8. The lowest BCUT2D eigenvalue weighted by atomic mass is 10.0. The minimum atomic E-state index is -0.766. The smallest absolute Gasteiger partial charge is 0.407 e. The SMILES string of the molecule is CCCCCCCCCCCCCCCCCCNC(=O)OCC(COC(=O)NC(C)C(=O)c1ccncc1)OC. The van der Waals surface area contributed by atoms with Crippen LogP contribution in [-0.2, 0) is 14.2 Å². The van der Waals surface area contributed by atoms with Crippen molar-refractivity contribution in [1.29, 1.82) is 0 Å². The third-order valence-corrected chi connectivity index (χ3v) is 7.13. The fourth-order valence-corrected chi connectivity index (χ4v) is 4.49. The molecule has 2 amide bonds. The van der Waals surface area contributed by atoms with E-state index in [1.807, 2.05) is 0 Å². The predicted octanol–water partition coefficient (Wildman–Crippen LogP) is 7.38. The molecule has 2 atom stereocenters. The molecule has 0 bridgehead atoms. The Morgan fingerprint density at radius 2 is 1.20 bits per heavy atom. The number of methoxy groups -OCH3 is 1. The Balaban J connectivity index is 1.96. The number of alkyl carbamates (subject to hydrolysis) is 2. The summed E-state index contributed by atoms with van der Waals surface area (Å²) in [6, 6.07) is 2.39. The van der Waals surface area contributed by atoms with Crippen molar-refractivity contribution in [2.75, 3.05) is 26.9 Å². The number of unbranched alkanes of at least 4 members (excludes halogenated alkanes) is 15. The maximum atomic E-state index is 12.3. The van der Waals surface area contributed by atoms with Crippen LogP contribution in [-0.4, -0.2) is 62.0 Å². The van der Waals surface area contributed by atoms with Gasteiger partial charge in [0.2, 0.25) is 0 Å². The van der Waals surface area contributed by atoms with Gasteiger partial charge >= 0.3 is 12.2 Å². The number of aromatic nitrogens is 1. The van der Waals surface area contributed by atoms with E-state index in [9.17, 15) is 14.4 Å². The molecule has 0 saturated carbocycles. The number of nitrogens with one attached hydrogen (secondary N) is 2. The van der Waals surface area contributed by atoms with Gasteiger partial charge in [0.1, 0.15) is 19.3 Å². The Hall–Kier alpha value is -2.68. The fraction of sp³-hybridized carbons (Fsp3) is 0.750. The Morgan fingerprint density at radius 1 is 0.732 bits per heavy atom. The molecule has 9 heteroatoms. The minimum absolute atomic E-state index is 0.0555. The van der Waals surface area contributed by atoms with Crippen LogP contribution in [0, 0.1) is 0 Å². The number of carbonyl (C=O) groups is 3. The molecule has 0 fully saturated rings. The summed E-state index contributed by atoms with van der Waals surface area (Å²) in [7, 11) is 1.44. The molecule has 1 rings (SSSR count). The summed E-state index contributed by atoms with van der Waals surface area (Å²) >= 11 is 0. The number of amides is 2. The van der Waals surface area contributed by atoms with Gasteiger partial charge < -0.3 is 24.8 Å². The number of hydrogen-bond donors (Lipinski definition) is 2. The van der Waals surface area contributed by atoms with Gasteiger partial charge in [-0.15, -0.1) is 0 Å². The van der Waals surface area contributed by atoms with Crippen molar-refractivity contribution in [3.63, 3.8) is 0 Å². The maximum Gasteiger partial charge on any atom is 0.407 e. The highest BCUT2D eigenvalue weighted by Gasteiger charge is 2.19. The normalized spacial score (nSPS) is 12.4. The standard InChI is InChI=1S/C32H55N3O6/c1-4-5-6-7-8-9-10-11-12-13-14-15-16-17-18-19-22-34-31(37)40-25-29(39-3)26-41-32(38)35-27(2)30(36)28-20-23-33-24-21-28/h20-21,23-24,27,29H,4-19,22,25-26H2,1-3H3,(H,34,37)(H,35,38). The summed E-state index contributed by atoms with van der Waals surface area (Å²) < 4.78 is 15.5. The molecule has 0 aliphatic carbocycles. The van der Waals surface area contributed by atoms with E-state index in [1.54, 1.807) is 19.1 Å². The molecule has 2 N–H and O–H groups in total. The highest BCUT2D eigenvalue weighted by atomic mass is 16.6. The predicted molar refractivity (Wildman–Crippen MR) is 162 cm³/mol. The highest BCUT2D eigenvalue weighted by molar-refractivity contribution is 6.01. The number of nitrogens with zero attached hydrogens (tertiary/aromatic N) is 1. The molecule has 1 heterocycles. The lowest BCUT2D eigenvalue weighted by Crippen LogP contribution is -2.40. The van der Waals surface area contributed by atoms with E-state index in [-0.39, 0.29) is 19.0 Å². The molecule has 41 heavy (non-hydrogen) atoms. The van der Waals surface area contributed by atoms with Gasteiger partial charge in [-0.3, -0.25) is 9.78 Å². The number of pyridine rings is 1. The lowest BCUT2D eigenvalue weighted by molar-refractivity contribution is -0.00480. The van der Waals surface area contributed by atoms with Crippen molar-refractivity contribution in [2.24, 2.45) is 0 Å². The second kappa shape index (κ2) is 25.1. The van der Waals surface area contributed by atoms with Gasteiger partial charge in [-0.2, -0.15) is 0 Å². The molecule has 0 radical (unpaired) electrons. The Morgan fingerprint density at radius 3 is 1.68 bits per heavy atom. The third-order valence-electron chi connectivity index (χ3n) is 7.13. The van der Waals surface area contributed by atoms with Crippen molar-refractivity contribution in [1.82, 2.24) is 15.6 Å². The van der Waals surface area contributed by atoms with Gasteiger partial charge in [0.15, 0.2) is 5.78 Å². The van der Waals surface area contributed by atoms with Gasteiger partial charge in [-0.1, -0.05) is 103 Å². The van der Waals surface area contributed by atoms with Crippen LogP contribution in [0.5, 0.6) is 0 Å². The number of Topliss-reactive ketones (excluding diaryl/α,β-unsaturated/α-hetero) is 1. The molecule has 1 aromatic heterocycles. The van der Waals surface area contributed by atoms with E-state index in [2.05, 4.69) is 22.5 Å². The van der Waals surface area contributed by atoms with Gasteiger partial charge in [0.05, 0.1) is 6.04 Å². The van der Waals surface area contributed by atoms with E-state index in [0.717, 1.165) is 12.8 Å². The first-order valence-corrected chi connectivity index (χ1v) is 15.8. The van der Waals surface area contributed by atoms with Crippen molar-refractivity contribution < 1.29 is 28.6 Å². The minimum Gasteiger partial charge on any atom is -0.447 e. The van der Waals surface area contributed by atoms with E-state index < -0.39 is 24.3 Å². The van der Waals surface area contributed by atoms with Gasteiger partial charge in [0.25, 0.3) is 0 Å². The molecule has 0 spiro atoms. The van der Waals surface area contributed by atoms with Crippen LogP contribution >= 0.6 is 0 Å². The van der Waals surface area contributed by atoms with Crippen LogP contribution in [0.2, 0.25) is 0 Å².